The van der Waals surface area contributed by atoms with Gasteiger partial charge in [0.1, 0.15) is 0 Å². The van der Waals surface area contributed by atoms with Crippen molar-refractivity contribution in [3.05, 3.63) is 33.2 Å². The second-order valence-corrected chi connectivity index (χ2v) is 4.44. The van der Waals surface area contributed by atoms with Gasteiger partial charge in [-0.15, -0.1) is 0 Å². The van der Waals surface area contributed by atoms with Gasteiger partial charge >= 0.3 is 0 Å². The summed E-state index contributed by atoms with van der Waals surface area (Å²) < 4.78 is 1.62. The third-order valence-electron chi connectivity index (χ3n) is 3.18. The summed E-state index contributed by atoms with van der Waals surface area (Å²) in [6.07, 6.45) is 0.871. The van der Waals surface area contributed by atoms with Gasteiger partial charge in [-0.3, -0.25) is 9.59 Å². The molecule has 0 unspecified atom stereocenters. The summed E-state index contributed by atoms with van der Waals surface area (Å²) in [5, 5.41) is 0. The Bertz CT molecular complexity index is 502. The minimum absolute atomic E-state index is 0.156. The molecule has 2 heterocycles. The van der Waals surface area contributed by atoms with Crippen LogP contribution in [0.2, 0.25) is 0 Å². The molecule has 0 spiro atoms. The largest absolute Gasteiger partial charge is 0.315 e. The summed E-state index contributed by atoms with van der Waals surface area (Å²) in [5.74, 6) is -0.156. The van der Waals surface area contributed by atoms with E-state index in [1.165, 1.54) is 6.92 Å². The monoisotopic (exact) mass is 220 g/mol. The average Bonchev–Trinajstić information content (AvgIpc) is 2.22. The average molecular weight is 220 g/mol. The highest BCUT2D eigenvalue weighted by molar-refractivity contribution is 5.93. The van der Waals surface area contributed by atoms with Crippen LogP contribution in [0.4, 0.5) is 0 Å². The quantitative estimate of drug-likeness (QED) is 0.650. The predicted octanol–water partition coefficient (Wildman–Crippen LogP) is 0.576. The molecule has 0 bridgehead atoms. The maximum Gasteiger partial charge on any atom is 0.261 e. The van der Waals surface area contributed by atoms with Crippen molar-refractivity contribution in [1.82, 2.24) is 9.47 Å². The Balaban J connectivity index is 2.64. The number of Topliss-reactive ketones (excluding diaryl/α,β-unsaturated/α-hetero) is 1. The van der Waals surface area contributed by atoms with Crippen molar-refractivity contribution < 1.29 is 4.79 Å². The minimum atomic E-state index is -0.171. The molecule has 86 valence electrons. The number of likely N-dealkylation sites (N-methyl/N-ethyl adjacent to an activating group) is 1. The van der Waals surface area contributed by atoms with Gasteiger partial charge in [0.15, 0.2) is 5.78 Å². The van der Waals surface area contributed by atoms with Crippen LogP contribution < -0.4 is 5.56 Å². The number of hydrogen-bond acceptors (Lipinski definition) is 3. The lowest BCUT2D eigenvalue weighted by atomic mass is 10.0. The molecule has 1 aromatic heterocycles. The number of fused-ring (bicyclic) bond motifs is 1. The van der Waals surface area contributed by atoms with Gasteiger partial charge in [-0.25, -0.2) is 0 Å². The Morgan fingerprint density at radius 3 is 2.69 bits per heavy atom. The topological polar surface area (TPSA) is 42.3 Å². The fourth-order valence-corrected chi connectivity index (χ4v) is 2.22. The summed E-state index contributed by atoms with van der Waals surface area (Å²) in [6.45, 7) is 3.21. The van der Waals surface area contributed by atoms with Crippen molar-refractivity contribution in [2.24, 2.45) is 7.05 Å². The number of nitrogens with zero attached hydrogens (tertiary/aromatic N) is 2. The van der Waals surface area contributed by atoms with Crippen LogP contribution >= 0.6 is 0 Å². The Morgan fingerprint density at radius 1 is 1.38 bits per heavy atom. The van der Waals surface area contributed by atoms with Gasteiger partial charge in [0.05, 0.1) is 5.56 Å². The first kappa shape index (κ1) is 11.1. The molecule has 4 heteroatoms. The van der Waals surface area contributed by atoms with Gasteiger partial charge in [0.2, 0.25) is 0 Å². The molecule has 0 saturated carbocycles. The Hall–Kier alpha value is -1.42. The number of carbonyl (C=O) groups is 1. The van der Waals surface area contributed by atoms with Crippen LogP contribution in [0.5, 0.6) is 0 Å². The smallest absolute Gasteiger partial charge is 0.261 e. The number of aromatic nitrogens is 1. The first-order valence-electron chi connectivity index (χ1n) is 5.42. The number of hydrogen-bond donors (Lipinski definition) is 0. The van der Waals surface area contributed by atoms with Crippen LogP contribution in [0.3, 0.4) is 0 Å². The van der Waals surface area contributed by atoms with Crippen molar-refractivity contribution in [2.75, 3.05) is 13.6 Å². The summed E-state index contributed by atoms with van der Waals surface area (Å²) in [7, 11) is 3.79. The lowest BCUT2D eigenvalue weighted by Crippen LogP contribution is -2.34. The highest BCUT2D eigenvalue weighted by atomic mass is 16.1. The fourth-order valence-electron chi connectivity index (χ4n) is 2.22. The molecule has 0 aliphatic carbocycles. The van der Waals surface area contributed by atoms with Crippen LogP contribution in [0, 0.1) is 0 Å². The van der Waals surface area contributed by atoms with Crippen molar-refractivity contribution in [1.29, 1.82) is 0 Å². The van der Waals surface area contributed by atoms with Gasteiger partial charge in [0, 0.05) is 32.3 Å². The van der Waals surface area contributed by atoms with Crippen LogP contribution in [-0.4, -0.2) is 28.8 Å². The Morgan fingerprint density at radius 2 is 2.06 bits per heavy atom. The lowest BCUT2D eigenvalue weighted by molar-refractivity contribution is 0.101. The van der Waals surface area contributed by atoms with E-state index < -0.39 is 0 Å². The van der Waals surface area contributed by atoms with Crippen molar-refractivity contribution in [3.8, 4) is 0 Å². The molecule has 0 atom stereocenters. The van der Waals surface area contributed by atoms with E-state index >= 15 is 0 Å². The summed E-state index contributed by atoms with van der Waals surface area (Å²) in [4.78, 5) is 25.4. The van der Waals surface area contributed by atoms with Crippen LogP contribution in [0.1, 0.15) is 28.5 Å². The predicted molar refractivity (Wildman–Crippen MR) is 61.7 cm³/mol. The maximum absolute atomic E-state index is 11.9. The molecule has 2 rings (SSSR count). The number of rotatable bonds is 1. The molecule has 0 amide bonds. The number of pyridine rings is 1. The maximum atomic E-state index is 11.9. The molecule has 0 aromatic carbocycles. The lowest BCUT2D eigenvalue weighted by Gasteiger charge is -2.26. The van der Waals surface area contributed by atoms with E-state index in [1.807, 2.05) is 7.05 Å². The van der Waals surface area contributed by atoms with E-state index in [0.29, 0.717) is 5.56 Å². The number of ketones is 1. The molecule has 0 fully saturated rings. The first-order valence-corrected chi connectivity index (χ1v) is 5.42. The molecular weight excluding hydrogens is 204 g/mol. The van der Waals surface area contributed by atoms with E-state index in [0.717, 1.165) is 30.8 Å². The van der Waals surface area contributed by atoms with E-state index in [2.05, 4.69) is 4.90 Å². The van der Waals surface area contributed by atoms with Crippen molar-refractivity contribution in [2.45, 2.75) is 19.9 Å². The van der Waals surface area contributed by atoms with E-state index in [9.17, 15) is 9.59 Å². The van der Waals surface area contributed by atoms with Gasteiger partial charge < -0.3 is 9.47 Å². The molecule has 0 saturated heterocycles. The zero-order valence-electron chi connectivity index (χ0n) is 9.91. The van der Waals surface area contributed by atoms with Crippen LogP contribution in [-0.2, 0) is 20.0 Å². The SMILES string of the molecule is CC(=O)c1cc2c(n(C)c1=O)CCN(C)C2. The summed E-state index contributed by atoms with van der Waals surface area (Å²) in [6, 6.07) is 1.76. The van der Waals surface area contributed by atoms with Gasteiger partial charge in [-0.05, 0) is 25.6 Å². The Labute approximate surface area is 94.5 Å². The summed E-state index contributed by atoms with van der Waals surface area (Å²) in [5.41, 5.74) is 2.29. The molecule has 4 nitrogen and oxygen atoms in total. The number of carbonyl (C=O) groups excluding carboxylic acids is 1. The third kappa shape index (κ3) is 1.69. The van der Waals surface area contributed by atoms with E-state index in [1.54, 1.807) is 17.7 Å². The van der Waals surface area contributed by atoms with E-state index in [4.69, 9.17) is 0 Å². The van der Waals surface area contributed by atoms with Gasteiger partial charge in [-0.1, -0.05) is 0 Å². The zero-order valence-corrected chi connectivity index (χ0v) is 9.91. The molecule has 16 heavy (non-hydrogen) atoms. The van der Waals surface area contributed by atoms with Crippen LogP contribution in [0.15, 0.2) is 10.9 Å². The second kappa shape index (κ2) is 3.87. The summed E-state index contributed by atoms with van der Waals surface area (Å²) >= 11 is 0. The fraction of sp³-hybridized carbons (Fsp3) is 0.500. The van der Waals surface area contributed by atoms with E-state index in [-0.39, 0.29) is 11.3 Å². The molecule has 1 aliphatic heterocycles. The van der Waals surface area contributed by atoms with Crippen LogP contribution in [0.25, 0.3) is 0 Å². The molecule has 0 radical (unpaired) electrons. The third-order valence-corrected chi connectivity index (χ3v) is 3.18. The first-order chi connectivity index (χ1) is 7.50. The second-order valence-electron chi connectivity index (χ2n) is 4.44. The van der Waals surface area contributed by atoms with Gasteiger partial charge in [0.25, 0.3) is 5.56 Å². The molecular formula is C12H16N2O2. The zero-order chi connectivity index (χ0) is 11.9. The molecule has 0 N–H and O–H groups in total. The molecule has 1 aromatic rings. The van der Waals surface area contributed by atoms with Crippen molar-refractivity contribution >= 4 is 5.78 Å². The Kier molecular flexibility index (Phi) is 2.68. The minimum Gasteiger partial charge on any atom is -0.315 e. The highest BCUT2D eigenvalue weighted by Crippen LogP contribution is 2.16. The molecule has 1 aliphatic rings. The van der Waals surface area contributed by atoms with Gasteiger partial charge in [-0.2, -0.15) is 0 Å². The van der Waals surface area contributed by atoms with Crippen molar-refractivity contribution in [3.63, 3.8) is 0 Å². The standard InChI is InChI=1S/C12H16N2O2/c1-8(15)10-6-9-7-13(2)5-4-11(9)14(3)12(10)16/h6H,4-5,7H2,1-3H3. The normalized spacial score (nSPS) is 15.9. The highest BCUT2D eigenvalue weighted by Gasteiger charge is 2.19.